The summed E-state index contributed by atoms with van der Waals surface area (Å²) in [5.41, 5.74) is 7.40. The lowest BCUT2D eigenvalue weighted by Crippen LogP contribution is -2.44. The van der Waals surface area contributed by atoms with Gasteiger partial charge in [-0.15, -0.1) is 5.92 Å². The minimum absolute atomic E-state index is 0.0579. The fourth-order valence-electron chi connectivity index (χ4n) is 4.25. The molecule has 10 heteroatoms. The van der Waals surface area contributed by atoms with Crippen molar-refractivity contribution < 1.29 is 4.73 Å². The third-order valence-corrected chi connectivity index (χ3v) is 5.87. The van der Waals surface area contributed by atoms with Gasteiger partial charge in [-0.1, -0.05) is 18.1 Å². The predicted octanol–water partition coefficient (Wildman–Crippen LogP) is 0.774. The van der Waals surface area contributed by atoms with E-state index in [1.165, 1.54) is 10.9 Å². The minimum Gasteiger partial charge on any atom is -0.711 e. The summed E-state index contributed by atoms with van der Waals surface area (Å²) in [7, 11) is 0. The first kappa shape index (κ1) is 20.9. The van der Waals surface area contributed by atoms with Crippen molar-refractivity contribution in [3.8, 4) is 11.8 Å². The molecule has 5 rings (SSSR count). The van der Waals surface area contributed by atoms with Crippen molar-refractivity contribution in [2.24, 2.45) is 5.73 Å². The highest BCUT2D eigenvalue weighted by atomic mass is 16.5. The van der Waals surface area contributed by atoms with E-state index in [1.54, 1.807) is 13.1 Å². The van der Waals surface area contributed by atoms with E-state index in [0.29, 0.717) is 40.3 Å². The Morgan fingerprint density at radius 3 is 2.94 bits per heavy atom. The number of hydrogen-bond donors (Lipinski definition) is 1. The number of fused-ring (bicyclic) bond motifs is 2. The van der Waals surface area contributed by atoms with Crippen LogP contribution in [0, 0.1) is 17.0 Å². The van der Waals surface area contributed by atoms with E-state index in [-0.39, 0.29) is 24.0 Å². The Balaban J connectivity index is 1.60. The Hall–Kier alpha value is -3.97. The number of nitrogens with zero attached hydrogens (tertiary/aromatic N) is 7. The molecule has 0 radical (unpaired) electrons. The first-order valence-electron chi connectivity index (χ1n) is 10.9. The molecule has 3 aromatic heterocycles. The molecule has 0 unspecified atom stereocenters. The van der Waals surface area contributed by atoms with Gasteiger partial charge in [-0.3, -0.25) is 9.36 Å². The van der Waals surface area contributed by atoms with Crippen LogP contribution in [0.1, 0.15) is 25.6 Å². The zero-order valence-electron chi connectivity index (χ0n) is 18.3. The number of aromatic nitrogens is 6. The Morgan fingerprint density at radius 2 is 2.12 bits per heavy atom. The second kappa shape index (κ2) is 8.52. The molecule has 10 nitrogen and oxygen atoms in total. The summed E-state index contributed by atoms with van der Waals surface area (Å²) < 4.78 is 3.75. The fourth-order valence-corrected chi connectivity index (χ4v) is 4.25. The number of rotatable bonds is 4. The number of piperidine rings is 1. The molecule has 1 aromatic carbocycles. The normalized spacial score (nSPS) is 16.2. The van der Waals surface area contributed by atoms with Gasteiger partial charge in [-0.2, -0.15) is 5.10 Å². The molecule has 1 atom stereocenters. The molecule has 1 saturated heterocycles. The molecule has 0 saturated carbocycles. The van der Waals surface area contributed by atoms with E-state index in [1.807, 2.05) is 28.8 Å². The maximum absolute atomic E-state index is 13.5. The monoisotopic (exact) mass is 444 g/mol. The molecule has 33 heavy (non-hydrogen) atoms. The van der Waals surface area contributed by atoms with Gasteiger partial charge in [0.2, 0.25) is 5.95 Å². The van der Waals surface area contributed by atoms with E-state index in [0.717, 1.165) is 24.8 Å². The van der Waals surface area contributed by atoms with Crippen molar-refractivity contribution >= 4 is 27.9 Å². The predicted molar refractivity (Wildman–Crippen MR) is 124 cm³/mol. The zero-order chi connectivity index (χ0) is 22.9. The number of benzene rings is 1. The molecule has 168 valence electrons. The molecule has 1 fully saturated rings. The van der Waals surface area contributed by atoms with Gasteiger partial charge in [0, 0.05) is 19.1 Å². The van der Waals surface area contributed by atoms with E-state index in [4.69, 9.17) is 10.7 Å². The third kappa shape index (κ3) is 3.87. The topological polar surface area (TPSA) is 122 Å². The first-order chi connectivity index (χ1) is 16.0. The van der Waals surface area contributed by atoms with Crippen LogP contribution in [0.25, 0.3) is 21.9 Å². The van der Waals surface area contributed by atoms with Crippen LogP contribution in [0.2, 0.25) is 0 Å². The van der Waals surface area contributed by atoms with E-state index >= 15 is 0 Å². The summed E-state index contributed by atoms with van der Waals surface area (Å²) in [4.78, 5) is 24.7. The molecule has 0 spiro atoms. The molecule has 2 N–H and O–H groups in total. The highest BCUT2D eigenvalue weighted by Gasteiger charge is 2.25. The van der Waals surface area contributed by atoms with E-state index in [9.17, 15) is 10.0 Å². The van der Waals surface area contributed by atoms with Gasteiger partial charge in [0.05, 0.1) is 18.1 Å². The van der Waals surface area contributed by atoms with Gasteiger partial charge >= 0.3 is 5.82 Å². The number of anilines is 1. The van der Waals surface area contributed by atoms with Gasteiger partial charge in [-0.25, -0.2) is 14.4 Å². The molecule has 4 heterocycles. The fraction of sp³-hybridized carbons (Fsp3) is 0.348. The Labute approximate surface area is 189 Å². The summed E-state index contributed by atoms with van der Waals surface area (Å²) in [6.07, 6.45) is 4.94. The molecule has 1 aliphatic rings. The molecular weight excluding hydrogens is 420 g/mol. The molecule has 0 bridgehead atoms. The minimum atomic E-state index is -0.347. The van der Waals surface area contributed by atoms with Crippen LogP contribution in [0.5, 0.6) is 0 Å². The Kier molecular flexibility index (Phi) is 5.40. The van der Waals surface area contributed by atoms with Crippen molar-refractivity contribution in [2.45, 2.75) is 38.9 Å². The van der Waals surface area contributed by atoms with Crippen molar-refractivity contribution in [2.75, 3.05) is 18.0 Å². The first-order valence-corrected chi connectivity index (χ1v) is 10.9. The smallest absolute Gasteiger partial charge is 0.323 e. The number of hydrogen-bond acceptors (Lipinski definition) is 7. The second-order valence-electron chi connectivity index (χ2n) is 8.16. The van der Waals surface area contributed by atoms with Crippen LogP contribution in [-0.2, 0) is 13.1 Å². The summed E-state index contributed by atoms with van der Waals surface area (Å²) in [6.45, 7) is 3.51. The quantitative estimate of drug-likeness (QED) is 0.280. The number of para-hydroxylation sites is 1. The number of imidazole rings is 1. The maximum Gasteiger partial charge on any atom is 0.323 e. The average Bonchev–Trinajstić information content (AvgIpc) is 3.19. The molecule has 1 aliphatic heterocycles. The van der Waals surface area contributed by atoms with Crippen LogP contribution in [0.3, 0.4) is 0 Å². The van der Waals surface area contributed by atoms with Crippen molar-refractivity contribution in [1.82, 2.24) is 24.3 Å². The van der Waals surface area contributed by atoms with Gasteiger partial charge in [-0.05, 0) is 36.9 Å². The standard InChI is InChI=1S/C23H24N8O2/c1-2-3-11-29-21-19(27-23(29)28-10-6-8-17(24)14-28)12-25-30(22(21)32)15-20-26-18-9-5-4-7-16(18)13-31(20)33/h4-5,7,9,12-13,17H,6,8,10-11,14-15,24H2,1H3/t17-/m1/s1. The lowest BCUT2D eigenvalue weighted by molar-refractivity contribution is -0.616. The zero-order valence-corrected chi connectivity index (χ0v) is 18.3. The van der Waals surface area contributed by atoms with Crippen LogP contribution < -0.4 is 20.9 Å². The maximum atomic E-state index is 13.5. The molecule has 4 aromatic rings. The van der Waals surface area contributed by atoms with E-state index in [2.05, 4.69) is 26.8 Å². The van der Waals surface area contributed by atoms with Crippen molar-refractivity contribution in [3.05, 3.63) is 58.0 Å². The summed E-state index contributed by atoms with van der Waals surface area (Å²) in [6, 6.07) is 7.40. The van der Waals surface area contributed by atoms with Gasteiger partial charge in [0.15, 0.2) is 12.1 Å². The van der Waals surface area contributed by atoms with Crippen LogP contribution >= 0.6 is 0 Å². The van der Waals surface area contributed by atoms with Crippen LogP contribution in [0.15, 0.2) is 41.5 Å². The van der Waals surface area contributed by atoms with Gasteiger partial charge < -0.3 is 15.8 Å². The molecule has 0 aliphatic carbocycles. The highest BCUT2D eigenvalue weighted by Crippen LogP contribution is 2.23. The summed E-state index contributed by atoms with van der Waals surface area (Å²) >= 11 is 0. The summed E-state index contributed by atoms with van der Waals surface area (Å²) in [5, 5.41) is 17.5. The highest BCUT2D eigenvalue weighted by molar-refractivity contribution is 5.77. The molecule has 0 amide bonds. The Morgan fingerprint density at radius 1 is 1.27 bits per heavy atom. The van der Waals surface area contributed by atoms with Crippen LogP contribution in [-0.4, -0.2) is 43.4 Å². The van der Waals surface area contributed by atoms with Gasteiger partial charge in [0.25, 0.3) is 5.56 Å². The van der Waals surface area contributed by atoms with Gasteiger partial charge in [0.1, 0.15) is 17.2 Å². The SMILES string of the molecule is CC#CCn1c(N2CCC[C@@H](N)C2)nc2cnn(Cc3nc4ccccc4c[n+]3[O-])c(=O)c21. The summed E-state index contributed by atoms with van der Waals surface area (Å²) in [5.74, 6) is 6.78. The average molecular weight is 444 g/mol. The largest absolute Gasteiger partial charge is 0.711 e. The van der Waals surface area contributed by atoms with E-state index < -0.39 is 0 Å². The van der Waals surface area contributed by atoms with Crippen molar-refractivity contribution in [3.63, 3.8) is 0 Å². The lowest BCUT2D eigenvalue weighted by atomic mass is 10.1. The second-order valence-corrected chi connectivity index (χ2v) is 8.16. The van der Waals surface area contributed by atoms with Crippen molar-refractivity contribution in [1.29, 1.82) is 0 Å². The number of nitrogens with two attached hydrogens (primary N) is 1. The lowest BCUT2D eigenvalue weighted by Gasteiger charge is -2.31. The Bertz CT molecular complexity index is 1460. The van der Waals surface area contributed by atoms with Crippen LogP contribution in [0.4, 0.5) is 5.95 Å². The third-order valence-electron chi connectivity index (χ3n) is 5.87. The molecular formula is C23H24N8O2.